The number of ether oxygens (including phenoxy) is 1. The summed E-state index contributed by atoms with van der Waals surface area (Å²) in [7, 11) is 0. The van der Waals surface area contributed by atoms with Gasteiger partial charge in [-0.1, -0.05) is 31.5 Å². The number of hydrogen-bond donors (Lipinski definition) is 1. The van der Waals surface area contributed by atoms with E-state index in [1.165, 1.54) is 5.56 Å². The topological polar surface area (TPSA) is 74.2 Å². The van der Waals surface area contributed by atoms with E-state index in [1.807, 2.05) is 31.2 Å². The average Bonchev–Trinajstić information content (AvgIpc) is 2.86. The molecule has 108 valence electrons. The molecule has 2 N–H and O–H groups in total. The molecule has 20 heavy (non-hydrogen) atoms. The molecule has 0 bridgehead atoms. The Morgan fingerprint density at radius 1 is 1.20 bits per heavy atom. The monoisotopic (exact) mass is 275 g/mol. The molecular weight excluding hydrogens is 254 g/mol. The summed E-state index contributed by atoms with van der Waals surface area (Å²) in [5.41, 5.74) is 7.19. The summed E-state index contributed by atoms with van der Waals surface area (Å²) in [5.74, 6) is 2.19. The second-order valence-electron chi connectivity index (χ2n) is 5.37. The first-order valence-electron chi connectivity index (χ1n) is 6.82. The molecule has 1 heterocycles. The van der Waals surface area contributed by atoms with Crippen molar-refractivity contribution in [2.75, 3.05) is 0 Å². The standard InChI is InChI=1S/C15H21N3O2/c1-10(2)8-13(16)15-18-17-14(20-15)9-19-12-6-4-11(3)5-7-12/h4-7,10,13H,8-9,16H2,1-3H3. The van der Waals surface area contributed by atoms with Crippen LogP contribution < -0.4 is 10.5 Å². The van der Waals surface area contributed by atoms with Gasteiger partial charge < -0.3 is 14.9 Å². The van der Waals surface area contributed by atoms with Crippen LogP contribution in [0.15, 0.2) is 28.7 Å². The minimum atomic E-state index is -0.212. The molecule has 0 aliphatic rings. The molecule has 0 aliphatic heterocycles. The van der Waals surface area contributed by atoms with Crippen molar-refractivity contribution in [3.8, 4) is 5.75 Å². The highest BCUT2D eigenvalue weighted by atomic mass is 16.5. The maximum Gasteiger partial charge on any atom is 0.253 e. The summed E-state index contributed by atoms with van der Waals surface area (Å²) in [4.78, 5) is 0. The number of aromatic nitrogens is 2. The van der Waals surface area contributed by atoms with E-state index in [-0.39, 0.29) is 12.6 Å². The minimum Gasteiger partial charge on any atom is -0.484 e. The summed E-state index contributed by atoms with van der Waals surface area (Å²) in [6.07, 6.45) is 0.820. The van der Waals surface area contributed by atoms with E-state index in [1.54, 1.807) is 0 Å². The molecule has 1 aromatic heterocycles. The SMILES string of the molecule is Cc1ccc(OCc2nnc(C(N)CC(C)C)o2)cc1. The van der Waals surface area contributed by atoms with Crippen LogP contribution in [0.5, 0.6) is 5.75 Å². The van der Waals surface area contributed by atoms with Gasteiger partial charge in [0.25, 0.3) is 5.89 Å². The number of nitrogens with two attached hydrogens (primary N) is 1. The van der Waals surface area contributed by atoms with Gasteiger partial charge in [0, 0.05) is 0 Å². The van der Waals surface area contributed by atoms with Crippen molar-refractivity contribution in [2.45, 2.75) is 39.8 Å². The number of nitrogens with zero attached hydrogens (tertiary/aromatic N) is 2. The van der Waals surface area contributed by atoms with Crippen LogP contribution in [-0.4, -0.2) is 10.2 Å². The second-order valence-corrected chi connectivity index (χ2v) is 5.37. The quantitative estimate of drug-likeness (QED) is 0.877. The lowest BCUT2D eigenvalue weighted by Crippen LogP contribution is -2.13. The molecular formula is C15H21N3O2. The second kappa shape index (κ2) is 6.52. The molecule has 0 saturated carbocycles. The van der Waals surface area contributed by atoms with Crippen LogP contribution in [0.4, 0.5) is 0 Å². The van der Waals surface area contributed by atoms with Crippen molar-refractivity contribution in [3.05, 3.63) is 41.6 Å². The van der Waals surface area contributed by atoms with Crippen molar-refractivity contribution in [2.24, 2.45) is 11.7 Å². The Hall–Kier alpha value is -1.88. The van der Waals surface area contributed by atoms with Gasteiger partial charge >= 0.3 is 0 Å². The van der Waals surface area contributed by atoms with Crippen LogP contribution in [0.25, 0.3) is 0 Å². The molecule has 0 radical (unpaired) electrons. The Morgan fingerprint density at radius 2 is 1.90 bits per heavy atom. The summed E-state index contributed by atoms with van der Waals surface area (Å²) in [6, 6.07) is 7.60. The highest BCUT2D eigenvalue weighted by Crippen LogP contribution is 2.18. The van der Waals surface area contributed by atoms with Crippen molar-refractivity contribution >= 4 is 0 Å². The Bertz CT molecular complexity index is 534. The fraction of sp³-hybridized carbons (Fsp3) is 0.467. The zero-order valence-corrected chi connectivity index (χ0v) is 12.2. The molecule has 0 saturated heterocycles. The Morgan fingerprint density at radius 3 is 2.55 bits per heavy atom. The molecule has 1 atom stereocenters. The van der Waals surface area contributed by atoms with E-state index in [9.17, 15) is 0 Å². The van der Waals surface area contributed by atoms with Crippen molar-refractivity contribution < 1.29 is 9.15 Å². The van der Waals surface area contributed by atoms with Gasteiger partial charge in [-0.05, 0) is 31.4 Å². The summed E-state index contributed by atoms with van der Waals surface area (Å²) >= 11 is 0. The van der Waals surface area contributed by atoms with Crippen LogP contribution in [0.2, 0.25) is 0 Å². The average molecular weight is 275 g/mol. The predicted octanol–water partition coefficient (Wildman–Crippen LogP) is 3.00. The first-order valence-corrected chi connectivity index (χ1v) is 6.82. The fourth-order valence-corrected chi connectivity index (χ4v) is 1.86. The number of benzene rings is 1. The highest BCUT2D eigenvalue weighted by molar-refractivity contribution is 5.26. The Labute approximate surface area is 119 Å². The van der Waals surface area contributed by atoms with Gasteiger partial charge in [-0.25, -0.2) is 0 Å². The number of hydrogen-bond acceptors (Lipinski definition) is 5. The minimum absolute atomic E-state index is 0.212. The van der Waals surface area contributed by atoms with Crippen LogP contribution in [0.3, 0.4) is 0 Å². The lowest BCUT2D eigenvalue weighted by Gasteiger charge is -2.09. The molecule has 2 aromatic rings. The van der Waals surface area contributed by atoms with Crippen LogP contribution >= 0.6 is 0 Å². The van der Waals surface area contributed by atoms with Gasteiger partial charge in [-0.2, -0.15) is 0 Å². The van der Waals surface area contributed by atoms with Gasteiger partial charge in [0.05, 0.1) is 6.04 Å². The normalized spacial score (nSPS) is 12.7. The molecule has 0 aliphatic carbocycles. The lowest BCUT2D eigenvalue weighted by atomic mass is 10.1. The van der Waals surface area contributed by atoms with E-state index < -0.39 is 0 Å². The molecule has 1 unspecified atom stereocenters. The van der Waals surface area contributed by atoms with E-state index >= 15 is 0 Å². The zero-order chi connectivity index (χ0) is 14.5. The van der Waals surface area contributed by atoms with Crippen molar-refractivity contribution in [1.29, 1.82) is 0 Å². The molecule has 0 amide bonds. The molecule has 5 heteroatoms. The highest BCUT2D eigenvalue weighted by Gasteiger charge is 2.15. The Kier molecular flexibility index (Phi) is 4.74. The summed E-state index contributed by atoms with van der Waals surface area (Å²) in [6.45, 7) is 6.50. The first-order chi connectivity index (χ1) is 9.54. The number of rotatable bonds is 6. The first kappa shape index (κ1) is 14.5. The largest absolute Gasteiger partial charge is 0.484 e. The molecule has 0 fully saturated rings. The Balaban J connectivity index is 1.91. The summed E-state index contributed by atoms with van der Waals surface area (Å²) in [5, 5.41) is 7.93. The lowest BCUT2D eigenvalue weighted by molar-refractivity contribution is 0.254. The number of aryl methyl sites for hydroxylation is 1. The maximum atomic E-state index is 6.00. The smallest absolute Gasteiger partial charge is 0.253 e. The molecule has 1 aromatic carbocycles. The fourth-order valence-electron chi connectivity index (χ4n) is 1.86. The molecule has 5 nitrogen and oxygen atoms in total. The van der Waals surface area contributed by atoms with Gasteiger partial charge in [0.15, 0.2) is 6.61 Å². The van der Waals surface area contributed by atoms with Crippen LogP contribution in [0, 0.1) is 12.8 Å². The van der Waals surface area contributed by atoms with Crippen molar-refractivity contribution in [1.82, 2.24) is 10.2 Å². The van der Waals surface area contributed by atoms with E-state index in [0.717, 1.165) is 12.2 Å². The van der Waals surface area contributed by atoms with E-state index in [0.29, 0.717) is 17.7 Å². The van der Waals surface area contributed by atoms with Gasteiger partial charge in [0.2, 0.25) is 5.89 Å². The van der Waals surface area contributed by atoms with Gasteiger partial charge in [-0.3, -0.25) is 0 Å². The van der Waals surface area contributed by atoms with Crippen LogP contribution in [-0.2, 0) is 6.61 Å². The van der Waals surface area contributed by atoms with Gasteiger partial charge in [0.1, 0.15) is 5.75 Å². The van der Waals surface area contributed by atoms with E-state index in [4.69, 9.17) is 14.9 Å². The molecule has 2 rings (SSSR count). The summed E-state index contributed by atoms with van der Waals surface area (Å²) < 4.78 is 11.1. The van der Waals surface area contributed by atoms with Gasteiger partial charge in [-0.15, -0.1) is 10.2 Å². The van der Waals surface area contributed by atoms with Crippen LogP contribution in [0.1, 0.15) is 43.7 Å². The maximum absolute atomic E-state index is 6.00. The third-order valence-corrected chi connectivity index (χ3v) is 2.91. The van der Waals surface area contributed by atoms with Crippen molar-refractivity contribution in [3.63, 3.8) is 0 Å². The third-order valence-electron chi connectivity index (χ3n) is 2.91. The zero-order valence-electron chi connectivity index (χ0n) is 12.2. The predicted molar refractivity (Wildman–Crippen MR) is 76.2 cm³/mol. The van der Waals surface area contributed by atoms with E-state index in [2.05, 4.69) is 24.0 Å². The molecule has 0 spiro atoms. The third kappa shape index (κ3) is 4.06.